The predicted molar refractivity (Wildman–Crippen MR) is 83.6 cm³/mol. The number of benzene rings is 1. The highest BCUT2D eigenvalue weighted by atomic mass is 32.2. The molecule has 2 unspecified atom stereocenters. The second-order valence-electron chi connectivity index (χ2n) is 4.49. The van der Waals surface area contributed by atoms with Gasteiger partial charge in [-0.1, -0.05) is 0 Å². The van der Waals surface area contributed by atoms with Crippen LogP contribution >= 0.6 is 11.8 Å². The number of nitrogens with one attached hydrogen (secondary N) is 1. The first kappa shape index (κ1) is 14.0. The van der Waals surface area contributed by atoms with Crippen LogP contribution in [0.2, 0.25) is 0 Å². The summed E-state index contributed by atoms with van der Waals surface area (Å²) in [7, 11) is 0. The van der Waals surface area contributed by atoms with Crippen LogP contribution in [0.4, 0.5) is 11.4 Å². The molecule has 0 aliphatic rings. The molecule has 0 spiro atoms. The van der Waals surface area contributed by atoms with Gasteiger partial charge < -0.3 is 16.2 Å². The molecule has 0 saturated carbocycles. The van der Waals surface area contributed by atoms with E-state index in [1.54, 1.807) is 18.0 Å². The van der Waals surface area contributed by atoms with Crippen molar-refractivity contribution >= 4 is 34.0 Å². The number of nitrogen functional groups attached to an aromatic ring is 1. The summed E-state index contributed by atoms with van der Waals surface area (Å²) in [4.78, 5) is 4.39. The Balaban J connectivity index is 2.33. The van der Waals surface area contributed by atoms with Gasteiger partial charge in [-0.15, -0.1) is 0 Å². The molecule has 2 rings (SSSR count). The first-order valence-corrected chi connectivity index (χ1v) is 7.49. The first-order valence-electron chi connectivity index (χ1n) is 6.20. The van der Waals surface area contributed by atoms with Gasteiger partial charge >= 0.3 is 0 Å². The summed E-state index contributed by atoms with van der Waals surface area (Å²) in [5, 5.41) is 13.8. The standard InChI is InChI=1S/C14H19N3OS/c1-9(13(8-18)19-2)17-12-6-5-11(15)10-4-3-7-16-14(10)12/h3-7,9,13,17-18H,8,15H2,1-2H3. The first-order chi connectivity index (χ1) is 9.17. The Morgan fingerprint density at radius 3 is 2.89 bits per heavy atom. The van der Waals surface area contributed by atoms with Crippen molar-refractivity contribution < 1.29 is 5.11 Å². The van der Waals surface area contributed by atoms with Crippen molar-refractivity contribution in [1.29, 1.82) is 0 Å². The van der Waals surface area contributed by atoms with E-state index in [0.717, 1.165) is 22.3 Å². The van der Waals surface area contributed by atoms with Crippen molar-refractivity contribution in [2.24, 2.45) is 0 Å². The van der Waals surface area contributed by atoms with Gasteiger partial charge in [-0.05, 0) is 37.4 Å². The lowest BCUT2D eigenvalue weighted by Crippen LogP contribution is -2.31. The van der Waals surface area contributed by atoms with Crippen molar-refractivity contribution in [3.8, 4) is 0 Å². The van der Waals surface area contributed by atoms with Gasteiger partial charge in [-0.3, -0.25) is 4.98 Å². The molecule has 1 aromatic heterocycles. The van der Waals surface area contributed by atoms with Crippen LogP contribution in [0.1, 0.15) is 6.92 Å². The Bertz CT molecular complexity index is 557. The number of nitrogens with zero attached hydrogens (tertiary/aromatic N) is 1. The topological polar surface area (TPSA) is 71.2 Å². The Labute approximate surface area is 117 Å². The van der Waals surface area contributed by atoms with E-state index in [1.165, 1.54) is 0 Å². The van der Waals surface area contributed by atoms with Gasteiger partial charge in [0.05, 0.1) is 17.8 Å². The fourth-order valence-electron chi connectivity index (χ4n) is 2.09. The monoisotopic (exact) mass is 277 g/mol. The van der Waals surface area contributed by atoms with Crippen molar-refractivity contribution in [3.05, 3.63) is 30.5 Å². The molecule has 0 saturated heterocycles. The summed E-state index contributed by atoms with van der Waals surface area (Å²) in [6.45, 7) is 2.21. The molecule has 4 N–H and O–H groups in total. The van der Waals surface area contributed by atoms with E-state index in [4.69, 9.17) is 5.73 Å². The predicted octanol–water partition coefficient (Wildman–Crippen LogP) is 2.34. The third-order valence-electron chi connectivity index (χ3n) is 3.23. The number of aliphatic hydroxyl groups excluding tert-OH is 1. The van der Waals surface area contributed by atoms with E-state index in [9.17, 15) is 5.11 Å². The highest BCUT2D eigenvalue weighted by Crippen LogP contribution is 2.27. The van der Waals surface area contributed by atoms with Crippen LogP contribution in [0, 0.1) is 0 Å². The van der Waals surface area contributed by atoms with E-state index < -0.39 is 0 Å². The fourth-order valence-corrected chi connectivity index (χ4v) is 2.71. The van der Waals surface area contributed by atoms with Crippen LogP contribution in [0.25, 0.3) is 10.9 Å². The van der Waals surface area contributed by atoms with Crippen LogP contribution in [-0.4, -0.2) is 34.2 Å². The lowest BCUT2D eigenvalue weighted by molar-refractivity contribution is 0.288. The number of hydrogen-bond donors (Lipinski definition) is 3. The summed E-state index contributed by atoms with van der Waals surface area (Å²) in [5.74, 6) is 0. The normalized spacial score (nSPS) is 14.3. The average molecular weight is 277 g/mol. The lowest BCUT2D eigenvalue weighted by Gasteiger charge is -2.23. The molecule has 19 heavy (non-hydrogen) atoms. The van der Waals surface area contributed by atoms with E-state index in [2.05, 4.69) is 17.2 Å². The zero-order valence-electron chi connectivity index (χ0n) is 11.1. The van der Waals surface area contributed by atoms with Gasteiger partial charge in [0, 0.05) is 28.6 Å². The molecule has 0 radical (unpaired) electrons. The molecule has 1 aromatic carbocycles. The van der Waals surface area contributed by atoms with E-state index in [1.807, 2.05) is 30.5 Å². The third kappa shape index (κ3) is 2.93. The molecule has 5 heteroatoms. The molecular formula is C14H19N3OS. The van der Waals surface area contributed by atoms with Gasteiger partial charge in [0.1, 0.15) is 0 Å². The lowest BCUT2D eigenvalue weighted by atomic mass is 10.1. The Kier molecular flexibility index (Phi) is 4.50. The summed E-state index contributed by atoms with van der Waals surface area (Å²) in [5.41, 5.74) is 8.50. The van der Waals surface area contributed by atoms with Crippen LogP contribution in [0.15, 0.2) is 30.5 Å². The van der Waals surface area contributed by atoms with Crippen LogP contribution in [0.5, 0.6) is 0 Å². The van der Waals surface area contributed by atoms with Gasteiger partial charge in [-0.25, -0.2) is 0 Å². The van der Waals surface area contributed by atoms with Crippen molar-refractivity contribution in [2.75, 3.05) is 23.9 Å². The minimum absolute atomic E-state index is 0.147. The molecule has 0 aliphatic heterocycles. The molecular weight excluding hydrogens is 258 g/mol. The second kappa shape index (κ2) is 6.12. The molecule has 2 atom stereocenters. The highest BCUT2D eigenvalue weighted by Gasteiger charge is 2.16. The maximum Gasteiger partial charge on any atom is 0.0953 e. The van der Waals surface area contributed by atoms with Crippen molar-refractivity contribution in [3.63, 3.8) is 0 Å². The molecule has 4 nitrogen and oxygen atoms in total. The number of fused-ring (bicyclic) bond motifs is 1. The number of anilines is 2. The number of nitrogens with two attached hydrogens (primary N) is 1. The number of aliphatic hydroxyl groups is 1. The summed E-state index contributed by atoms with van der Waals surface area (Å²) in [6, 6.07) is 7.81. The summed E-state index contributed by atoms with van der Waals surface area (Å²) < 4.78 is 0. The van der Waals surface area contributed by atoms with Crippen LogP contribution in [0.3, 0.4) is 0 Å². The zero-order chi connectivity index (χ0) is 13.8. The Morgan fingerprint density at radius 1 is 1.42 bits per heavy atom. The molecule has 0 amide bonds. The smallest absolute Gasteiger partial charge is 0.0953 e. The van der Waals surface area contributed by atoms with Crippen molar-refractivity contribution in [2.45, 2.75) is 18.2 Å². The van der Waals surface area contributed by atoms with E-state index in [-0.39, 0.29) is 17.9 Å². The van der Waals surface area contributed by atoms with Gasteiger partial charge in [0.25, 0.3) is 0 Å². The van der Waals surface area contributed by atoms with E-state index in [0.29, 0.717) is 0 Å². The Morgan fingerprint density at radius 2 is 2.21 bits per heavy atom. The molecule has 0 aliphatic carbocycles. The summed E-state index contributed by atoms with van der Waals surface area (Å²) in [6.07, 6.45) is 3.76. The molecule has 1 heterocycles. The summed E-state index contributed by atoms with van der Waals surface area (Å²) >= 11 is 1.65. The SMILES string of the molecule is CSC(CO)C(C)Nc1ccc(N)c2cccnc12. The maximum atomic E-state index is 9.34. The molecule has 0 fully saturated rings. The Hall–Kier alpha value is -1.46. The number of thioether (sulfide) groups is 1. The average Bonchev–Trinajstić information content (AvgIpc) is 2.44. The third-order valence-corrected chi connectivity index (χ3v) is 4.39. The van der Waals surface area contributed by atoms with Crippen molar-refractivity contribution in [1.82, 2.24) is 4.98 Å². The fraction of sp³-hybridized carbons (Fsp3) is 0.357. The maximum absolute atomic E-state index is 9.34. The highest BCUT2D eigenvalue weighted by molar-refractivity contribution is 7.99. The quantitative estimate of drug-likeness (QED) is 0.732. The van der Waals surface area contributed by atoms with E-state index >= 15 is 0 Å². The van der Waals surface area contributed by atoms with Crippen LogP contribution in [-0.2, 0) is 0 Å². The minimum atomic E-state index is 0.147. The number of aromatic nitrogens is 1. The van der Waals surface area contributed by atoms with Gasteiger partial charge in [-0.2, -0.15) is 11.8 Å². The number of rotatable bonds is 5. The molecule has 2 aromatic rings. The van der Waals surface area contributed by atoms with Gasteiger partial charge in [0.15, 0.2) is 0 Å². The van der Waals surface area contributed by atoms with Gasteiger partial charge in [0.2, 0.25) is 0 Å². The number of hydrogen-bond acceptors (Lipinski definition) is 5. The molecule has 0 bridgehead atoms. The number of pyridine rings is 1. The largest absolute Gasteiger partial charge is 0.398 e. The van der Waals surface area contributed by atoms with Crippen LogP contribution < -0.4 is 11.1 Å². The minimum Gasteiger partial charge on any atom is -0.398 e. The zero-order valence-corrected chi connectivity index (χ0v) is 11.9. The molecule has 102 valence electrons. The second-order valence-corrected chi connectivity index (χ2v) is 5.57.